The van der Waals surface area contributed by atoms with Crippen LogP contribution in [0.4, 0.5) is 5.69 Å². The monoisotopic (exact) mass is 343 g/mol. The largest absolute Gasteiger partial charge is 0.369 e. The number of carbonyl (C=O) groups is 1. The molecule has 24 heavy (non-hydrogen) atoms. The molecular formula is C19H25N3OS. The first-order valence-corrected chi connectivity index (χ1v) is 9.46. The second kappa shape index (κ2) is 8.31. The first kappa shape index (κ1) is 17.0. The Labute approximate surface area is 148 Å². The highest BCUT2D eigenvalue weighted by Gasteiger charge is 2.16. The van der Waals surface area contributed by atoms with Crippen molar-refractivity contribution in [1.29, 1.82) is 0 Å². The van der Waals surface area contributed by atoms with Gasteiger partial charge < -0.3 is 10.2 Å². The van der Waals surface area contributed by atoms with E-state index < -0.39 is 0 Å². The first-order valence-electron chi connectivity index (χ1n) is 8.58. The summed E-state index contributed by atoms with van der Waals surface area (Å²) in [4.78, 5) is 17.6. The van der Waals surface area contributed by atoms with Gasteiger partial charge in [0.25, 0.3) is 5.91 Å². The molecule has 1 fully saturated rings. The molecule has 1 saturated heterocycles. The molecule has 1 aromatic carbocycles. The number of hydrogen-bond donors (Lipinski definition) is 1. The summed E-state index contributed by atoms with van der Waals surface area (Å²) in [5.74, 6) is 0.0502. The molecule has 0 spiro atoms. The number of carbonyl (C=O) groups excluding carboxylic acids is 1. The molecule has 1 aliphatic rings. The van der Waals surface area contributed by atoms with E-state index in [1.807, 2.05) is 17.5 Å². The minimum Gasteiger partial charge on any atom is -0.369 e. The molecule has 1 aliphatic heterocycles. The van der Waals surface area contributed by atoms with Crippen LogP contribution in [0, 0.1) is 6.92 Å². The summed E-state index contributed by atoms with van der Waals surface area (Å²) < 4.78 is 0. The quantitative estimate of drug-likeness (QED) is 0.819. The summed E-state index contributed by atoms with van der Waals surface area (Å²) in [6.45, 7) is 8.26. The van der Waals surface area contributed by atoms with Crippen molar-refractivity contribution in [3.05, 3.63) is 52.2 Å². The highest BCUT2D eigenvalue weighted by atomic mass is 32.1. The van der Waals surface area contributed by atoms with E-state index in [1.54, 1.807) is 0 Å². The summed E-state index contributed by atoms with van der Waals surface area (Å²) in [6.07, 6.45) is 1.00. The summed E-state index contributed by atoms with van der Waals surface area (Å²) >= 11 is 1.49. The summed E-state index contributed by atoms with van der Waals surface area (Å²) in [5.41, 5.74) is 2.65. The lowest BCUT2D eigenvalue weighted by molar-refractivity contribution is 0.0955. The fourth-order valence-electron chi connectivity index (χ4n) is 3.05. The highest BCUT2D eigenvalue weighted by molar-refractivity contribution is 7.12. The lowest BCUT2D eigenvalue weighted by Gasteiger charge is -2.36. The molecule has 0 unspecified atom stereocenters. The van der Waals surface area contributed by atoms with Crippen molar-refractivity contribution < 1.29 is 4.79 Å². The Morgan fingerprint density at radius 3 is 2.71 bits per heavy atom. The number of aryl methyl sites for hydroxylation is 1. The van der Waals surface area contributed by atoms with E-state index in [-0.39, 0.29) is 5.91 Å². The van der Waals surface area contributed by atoms with Crippen LogP contribution < -0.4 is 10.2 Å². The van der Waals surface area contributed by atoms with Crippen LogP contribution in [0.25, 0.3) is 0 Å². The van der Waals surface area contributed by atoms with Crippen molar-refractivity contribution in [2.45, 2.75) is 13.3 Å². The van der Waals surface area contributed by atoms with Gasteiger partial charge in [0.05, 0.1) is 4.88 Å². The van der Waals surface area contributed by atoms with Crippen LogP contribution in [0.2, 0.25) is 0 Å². The average Bonchev–Trinajstić information content (AvgIpc) is 3.14. The molecule has 1 N–H and O–H groups in total. The minimum atomic E-state index is 0.0502. The van der Waals surface area contributed by atoms with E-state index in [4.69, 9.17) is 0 Å². The Bertz CT molecular complexity index is 648. The molecule has 0 aliphatic carbocycles. The Morgan fingerprint density at radius 2 is 2.00 bits per heavy atom. The Hall–Kier alpha value is -1.85. The van der Waals surface area contributed by atoms with E-state index in [2.05, 4.69) is 46.3 Å². The topological polar surface area (TPSA) is 35.6 Å². The standard InChI is InChI=1S/C19H25N3OS/c1-16-5-2-6-17(15-16)22-12-10-21(11-13-22)9-4-8-20-19(23)18-7-3-14-24-18/h2-3,5-7,14-15H,4,8-13H2,1H3,(H,20,23). The normalized spacial score (nSPS) is 15.5. The Morgan fingerprint density at radius 1 is 1.17 bits per heavy atom. The van der Waals surface area contributed by atoms with Gasteiger partial charge in [0.15, 0.2) is 0 Å². The predicted molar refractivity (Wildman–Crippen MR) is 101 cm³/mol. The van der Waals surface area contributed by atoms with Crippen LogP contribution >= 0.6 is 11.3 Å². The van der Waals surface area contributed by atoms with E-state index in [9.17, 15) is 4.79 Å². The van der Waals surface area contributed by atoms with Gasteiger partial charge >= 0.3 is 0 Å². The third-order valence-corrected chi connectivity index (χ3v) is 5.29. The van der Waals surface area contributed by atoms with Gasteiger partial charge in [-0.1, -0.05) is 18.2 Å². The summed E-state index contributed by atoms with van der Waals surface area (Å²) in [7, 11) is 0. The molecular weight excluding hydrogens is 318 g/mol. The van der Waals surface area contributed by atoms with Crippen molar-refractivity contribution in [2.75, 3.05) is 44.2 Å². The molecule has 0 saturated carbocycles. The van der Waals surface area contributed by atoms with E-state index >= 15 is 0 Å². The molecule has 2 heterocycles. The van der Waals surface area contributed by atoms with Crippen molar-refractivity contribution >= 4 is 22.9 Å². The molecule has 128 valence electrons. The molecule has 4 nitrogen and oxygen atoms in total. The van der Waals surface area contributed by atoms with Crippen molar-refractivity contribution in [1.82, 2.24) is 10.2 Å². The van der Waals surface area contributed by atoms with E-state index in [0.717, 1.165) is 50.6 Å². The maximum absolute atomic E-state index is 11.9. The second-order valence-corrected chi connectivity index (χ2v) is 7.20. The maximum Gasteiger partial charge on any atom is 0.261 e. The SMILES string of the molecule is Cc1cccc(N2CCN(CCCNC(=O)c3cccs3)CC2)c1. The Balaban J connectivity index is 1.35. The number of nitrogens with zero attached hydrogens (tertiary/aromatic N) is 2. The van der Waals surface area contributed by atoms with Crippen LogP contribution in [0.3, 0.4) is 0 Å². The zero-order chi connectivity index (χ0) is 16.8. The molecule has 5 heteroatoms. The molecule has 2 aromatic rings. The van der Waals surface area contributed by atoms with Gasteiger partial charge in [-0.2, -0.15) is 0 Å². The Kier molecular flexibility index (Phi) is 5.88. The van der Waals surface area contributed by atoms with Crippen LogP contribution in [0.15, 0.2) is 41.8 Å². The van der Waals surface area contributed by atoms with Crippen LogP contribution in [0.5, 0.6) is 0 Å². The van der Waals surface area contributed by atoms with Gasteiger partial charge in [-0.05, 0) is 49.0 Å². The molecule has 0 radical (unpaired) electrons. The van der Waals surface area contributed by atoms with E-state index in [0.29, 0.717) is 0 Å². The van der Waals surface area contributed by atoms with Crippen molar-refractivity contribution in [3.8, 4) is 0 Å². The van der Waals surface area contributed by atoms with E-state index in [1.165, 1.54) is 22.6 Å². The highest BCUT2D eigenvalue weighted by Crippen LogP contribution is 2.17. The lowest BCUT2D eigenvalue weighted by atomic mass is 10.2. The molecule has 1 aromatic heterocycles. The predicted octanol–water partition coefficient (Wildman–Crippen LogP) is 3.00. The maximum atomic E-state index is 11.9. The summed E-state index contributed by atoms with van der Waals surface area (Å²) in [5, 5.41) is 4.93. The number of thiophene rings is 1. The fourth-order valence-corrected chi connectivity index (χ4v) is 3.69. The number of benzene rings is 1. The molecule has 0 atom stereocenters. The van der Waals surface area contributed by atoms with Crippen LogP contribution in [-0.2, 0) is 0 Å². The van der Waals surface area contributed by atoms with Gasteiger partial charge in [0.1, 0.15) is 0 Å². The zero-order valence-corrected chi connectivity index (χ0v) is 15.0. The molecule has 1 amide bonds. The van der Waals surface area contributed by atoms with Gasteiger partial charge in [-0.15, -0.1) is 11.3 Å². The van der Waals surface area contributed by atoms with Crippen LogP contribution in [-0.4, -0.2) is 50.1 Å². The zero-order valence-electron chi connectivity index (χ0n) is 14.2. The fraction of sp³-hybridized carbons (Fsp3) is 0.421. The van der Waals surface area contributed by atoms with Gasteiger partial charge in [0, 0.05) is 38.4 Å². The smallest absolute Gasteiger partial charge is 0.261 e. The average molecular weight is 343 g/mol. The summed E-state index contributed by atoms with van der Waals surface area (Å²) in [6, 6.07) is 12.5. The lowest BCUT2D eigenvalue weighted by Crippen LogP contribution is -2.47. The van der Waals surface area contributed by atoms with Crippen molar-refractivity contribution in [2.24, 2.45) is 0 Å². The number of amides is 1. The van der Waals surface area contributed by atoms with Gasteiger partial charge in [-0.3, -0.25) is 9.69 Å². The minimum absolute atomic E-state index is 0.0502. The van der Waals surface area contributed by atoms with Crippen LogP contribution in [0.1, 0.15) is 21.7 Å². The second-order valence-electron chi connectivity index (χ2n) is 6.25. The molecule has 3 rings (SSSR count). The number of nitrogens with one attached hydrogen (secondary N) is 1. The number of rotatable bonds is 6. The number of piperazine rings is 1. The number of anilines is 1. The van der Waals surface area contributed by atoms with Gasteiger partial charge in [0.2, 0.25) is 0 Å². The van der Waals surface area contributed by atoms with Gasteiger partial charge in [-0.25, -0.2) is 0 Å². The molecule has 0 bridgehead atoms. The number of hydrogen-bond acceptors (Lipinski definition) is 4. The first-order chi connectivity index (χ1) is 11.7. The van der Waals surface area contributed by atoms with Crippen molar-refractivity contribution in [3.63, 3.8) is 0 Å². The third-order valence-electron chi connectivity index (χ3n) is 4.42. The third kappa shape index (κ3) is 4.58.